The van der Waals surface area contributed by atoms with Crippen molar-refractivity contribution in [2.24, 2.45) is 0 Å². The molecule has 29 heavy (non-hydrogen) atoms. The summed E-state index contributed by atoms with van der Waals surface area (Å²) in [5.74, 6) is -0.301. The summed E-state index contributed by atoms with van der Waals surface area (Å²) in [6.07, 6.45) is 2.38. The van der Waals surface area contributed by atoms with Gasteiger partial charge in [-0.2, -0.15) is 11.8 Å². The van der Waals surface area contributed by atoms with Crippen LogP contribution in [0.3, 0.4) is 0 Å². The highest BCUT2D eigenvalue weighted by atomic mass is 32.2. The normalized spacial score (nSPS) is 14.1. The molecule has 1 aliphatic heterocycles. The standard InChI is InChI=1S/C23H26N2O3S/c1-15-9-10-17(16(2)13-15)14-24(3)23(28)20(11-12-29-4)25-21(26)18-7-5-6-8-19(18)22(25)27/h5-10,13,20H,11-12,14H2,1-4H3/t20-/m0/s1. The van der Waals surface area contributed by atoms with Crippen LogP contribution in [0.1, 0.15) is 43.8 Å². The van der Waals surface area contributed by atoms with Crippen LogP contribution in [0.5, 0.6) is 0 Å². The molecule has 0 aliphatic carbocycles. The van der Waals surface area contributed by atoms with Gasteiger partial charge in [0.2, 0.25) is 5.91 Å². The SMILES string of the molecule is CSCC[C@@H](C(=O)N(C)Cc1ccc(C)cc1C)N1C(=O)c2ccccc2C1=O. The number of amides is 3. The molecular weight excluding hydrogens is 384 g/mol. The first-order chi connectivity index (χ1) is 13.8. The van der Waals surface area contributed by atoms with Gasteiger partial charge in [0.15, 0.2) is 0 Å². The quantitative estimate of drug-likeness (QED) is 0.654. The first-order valence-corrected chi connectivity index (χ1v) is 11.0. The molecule has 0 saturated carbocycles. The van der Waals surface area contributed by atoms with Gasteiger partial charge in [-0.05, 0) is 55.5 Å². The summed E-state index contributed by atoms with van der Waals surface area (Å²) in [7, 11) is 1.73. The van der Waals surface area contributed by atoms with Crippen LogP contribution in [0.15, 0.2) is 42.5 Å². The number of benzene rings is 2. The Bertz CT molecular complexity index is 922. The molecule has 0 fully saturated rings. The molecule has 0 N–H and O–H groups in total. The molecule has 2 aromatic carbocycles. The number of likely N-dealkylation sites (N-methyl/N-ethyl adjacent to an activating group) is 1. The van der Waals surface area contributed by atoms with Crippen LogP contribution in [0, 0.1) is 13.8 Å². The van der Waals surface area contributed by atoms with Crippen LogP contribution in [-0.4, -0.2) is 52.6 Å². The van der Waals surface area contributed by atoms with E-state index in [9.17, 15) is 14.4 Å². The first-order valence-electron chi connectivity index (χ1n) is 9.62. The maximum atomic E-state index is 13.3. The second kappa shape index (κ2) is 8.82. The molecule has 3 amide bonds. The molecule has 0 radical (unpaired) electrons. The molecule has 1 heterocycles. The fourth-order valence-corrected chi connectivity index (χ4v) is 4.15. The van der Waals surface area contributed by atoms with E-state index < -0.39 is 6.04 Å². The number of hydrogen-bond donors (Lipinski definition) is 0. The van der Waals surface area contributed by atoms with Gasteiger partial charge in [-0.3, -0.25) is 19.3 Å². The summed E-state index contributed by atoms with van der Waals surface area (Å²) >= 11 is 1.59. The van der Waals surface area contributed by atoms with Gasteiger partial charge in [0.25, 0.3) is 11.8 Å². The van der Waals surface area contributed by atoms with Gasteiger partial charge in [0, 0.05) is 13.6 Å². The average Bonchev–Trinajstić information content (AvgIpc) is 2.95. The molecule has 5 nitrogen and oxygen atoms in total. The molecule has 2 aromatic rings. The lowest BCUT2D eigenvalue weighted by molar-refractivity contribution is -0.134. The van der Waals surface area contributed by atoms with Crippen molar-refractivity contribution in [2.45, 2.75) is 32.9 Å². The van der Waals surface area contributed by atoms with E-state index >= 15 is 0 Å². The van der Waals surface area contributed by atoms with E-state index in [1.807, 2.05) is 32.2 Å². The summed E-state index contributed by atoms with van der Waals surface area (Å²) in [6, 6.07) is 12.1. The van der Waals surface area contributed by atoms with E-state index in [4.69, 9.17) is 0 Å². The highest BCUT2D eigenvalue weighted by Gasteiger charge is 2.43. The number of imide groups is 1. The predicted molar refractivity (Wildman–Crippen MR) is 116 cm³/mol. The van der Waals surface area contributed by atoms with Gasteiger partial charge in [-0.25, -0.2) is 0 Å². The Kier molecular flexibility index (Phi) is 6.42. The van der Waals surface area contributed by atoms with Gasteiger partial charge in [0.1, 0.15) is 6.04 Å². The van der Waals surface area contributed by atoms with E-state index in [0.29, 0.717) is 29.8 Å². The molecule has 0 bridgehead atoms. The zero-order valence-corrected chi connectivity index (χ0v) is 18.1. The van der Waals surface area contributed by atoms with E-state index in [0.717, 1.165) is 16.0 Å². The Morgan fingerprint density at radius 2 is 1.69 bits per heavy atom. The van der Waals surface area contributed by atoms with Gasteiger partial charge >= 0.3 is 0 Å². The van der Waals surface area contributed by atoms with Crippen LogP contribution in [-0.2, 0) is 11.3 Å². The van der Waals surface area contributed by atoms with Crippen molar-refractivity contribution in [3.8, 4) is 0 Å². The fraction of sp³-hybridized carbons (Fsp3) is 0.348. The molecule has 0 saturated heterocycles. The number of rotatable bonds is 7. The topological polar surface area (TPSA) is 57.7 Å². The van der Waals surface area contributed by atoms with Crippen LogP contribution in [0.25, 0.3) is 0 Å². The maximum Gasteiger partial charge on any atom is 0.262 e. The van der Waals surface area contributed by atoms with Gasteiger partial charge in [0.05, 0.1) is 11.1 Å². The minimum atomic E-state index is -0.800. The predicted octanol–water partition coefficient (Wildman–Crippen LogP) is 3.68. The highest BCUT2D eigenvalue weighted by molar-refractivity contribution is 7.98. The third-order valence-electron chi connectivity index (χ3n) is 5.30. The number of fused-ring (bicyclic) bond motifs is 1. The summed E-state index contributed by atoms with van der Waals surface area (Å²) in [6.45, 7) is 4.49. The average molecular weight is 411 g/mol. The highest BCUT2D eigenvalue weighted by Crippen LogP contribution is 2.27. The number of aryl methyl sites for hydroxylation is 2. The van der Waals surface area contributed by atoms with Crippen molar-refractivity contribution in [3.05, 3.63) is 70.3 Å². The Morgan fingerprint density at radius 1 is 1.07 bits per heavy atom. The summed E-state index contributed by atoms with van der Waals surface area (Å²) in [4.78, 5) is 41.9. The first kappa shape index (κ1) is 21.1. The van der Waals surface area contributed by atoms with Crippen LogP contribution in [0.2, 0.25) is 0 Å². The van der Waals surface area contributed by atoms with Crippen LogP contribution in [0.4, 0.5) is 0 Å². The van der Waals surface area contributed by atoms with Crippen LogP contribution < -0.4 is 0 Å². The molecule has 0 aromatic heterocycles. The van der Waals surface area contributed by atoms with Crippen molar-refractivity contribution in [1.29, 1.82) is 0 Å². The van der Waals surface area contributed by atoms with Gasteiger partial charge < -0.3 is 4.90 Å². The molecule has 6 heteroatoms. The number of thioether (sulfide) groups is 1. The maximum absolute atomic E-state index is 13.3. The van der Waals surface area contributed by atoms with Crippen molar-refractivity contribution in [1.82, 2.24) is 9.80 Å². The minimum absolute atomic E-state index is 0.214. The fourth-order valence-electron chi connectivity index (χ4n) is 3.69. The molecule has 0 unspecified atom stereocenters. The Hall–Kier alpha value is -2.60. The minimum Gasteiger partial charge on any atom is -0.340 e. The van der Waals surface area contributed by atoms with E-state index in [2.05, 4.69) is 6.07 Å². The lowest BCUT2D eigenvalue weighted by Crippen LogP contribution is -2.50. The summed E-state index contributed by atoms with van der Waals surface area (Å²) < 4.78 is 0. The number of carbonyl (C=O) groups is 3. The molecule has 0 spiro atoms. The number of carbonyl (C=O) groups excluding carboxylic acids is 3. The largest absolute Gasteiger partial charge is 0.340 e. The molecule has 1 atom stereocenters. The van der Waals surface area contributed by atoms with Crippen LogP contribution >= 0.6 is 11.8 Å². The van der Waals surface area contributed by atoms with Crippen molar-refractivity contribution < 1.29 is 14.4 Å². The van der Waals surface area contributed by atoms with Gasteiger partial charge in [-0.15, -0.1) is 0 Å². The number of hydrogen-bond acceptors (Lipinski definition) is 4. The summed E-state index contributed by atoms with van der Waals surface area (Å²) in [5.41, 5.74) is 4.08. The lowest BCUT2D eigenvalue weighted by Gasteiger charge is -2.29. The molecule has 3 rings (SSSR count). The smallest absolute Gasteiger partial charge is 0.262 e. The Balaban J connectivity index is 1.85. The Morgan fingerprint density at radius 3 is 2.24 bits per heavy atom. The summed E-state index contributed by atoms with van der Waals surface area (Å²) in [5, 5.41) is 0. The molecule has 1 aliphatic rings. The zero-order valence-electron chi connectivity index (χ0n) is 17.3. The lowest BCUT2D eigenvalue weighted by atomic mass is 10.0. The van der Waals surface area contributed by atoms with Crippen molar-refractivity contribution >= 4 is 29.5 Å². The third kappa shape index (κ3) is 4.22. The van der Waals surface area contributed by atoms with Gasteiger partial charge in [-0.1, -0.05) is 35.9 Å². The van der Waals surface area contributed by atoms with E-state index in [1.165, 1.54) is 5.56 Å². The molecular formula is C23H26N2O3S. The van der Waals surface area contributed by atoms with Crippen molar-refractivity contribution in [2.75, 3.05) is 19.1 Å². The second-order valence-electron chi connectivity index (χ2n) is 7.45. The number of nitrogens with zero attached hydrogens (tertiary/aromatic N) is 2. The zero-order chi connectivity index (χ0) is 21.1. The molecule has 152 valence electrons. The Labute approximate surface area is 176 Å². The van der Waals surface area contributed by atoms with Crippen molar-refractivity contribution in [3.63, 3.8) is 0 Å². The monoisotopic (exact) mass is 410 g/mol. The second-order valence-corrected chi connectivity index (χ2v) is 8.43. The van der Waals surface area contributed by atoms with E-state index in [-0.39, 0.29) is 17.7 Å². The third-order valence-corrected chi connectivity index (χ3v) is 5.94. The van der Waals surface area contributed by atoms with E-state index in [1.54, 1.807) is 48.0 Å².